The van der Waals surface area contributed by atoms with Crippen LogP contribution in [0.2, 0.25) is 0 Å². The number of rotatable bonds is 3. The summed E-state index contributed by atoms with van der Waals surface area (Å²) in [5.41, 5.74) is 3.95. The van der Waals surface area contributed by atoms with Gasteiger partial charge in [0.15, 0.2) is 0 Å². The van der Waals surface area contributed by atoms with Crippen LogP contribution in [-0.2, 0) is 6.42 Å². The van der Waals surface area contributed by atoms with Gasteiger partial charge in [-0.25, -0.2) is 0 Å². The molecule has 0 heterocycles. The third-order valence-electron chi connectivity index (χ3n) is 1.61. The third-order valence-corrected chi connectivity index (χ3v) is 1.73. The summed E-state index contributed by atoms with van der Waals surface area (Å²) >= 11 is 4.71. The van der Waals surface area contributed by atoms with Gasteiger partial charge in [-0.05, 0) is 18.1 Å². The van der Waals surface area contributed by atoms with E-state index in [9.17, 15) is 0 Å². The van der Waals surface area contributed by atoms with E-state index in [2.05, 4.69) is 18.3 Å². The molecule has 1 aromatic carbocycles. The van der Waals surface area contributed by atoms with Crippen molar-refractivity contribution >= 4 is 23.4 Å². The Labute approximate surface area is 72.4 Å². The largest absolute Gasteiger partial charge is 0.352 e. The highest BCUT2D eigenvalue weighted by molar-refractivity contribution is 7.79. The fourth-order valence-corrected chi connectivity index (χ4v) is 1.16. The molecule has 0 fully saturated rings. The number of para-hydroxylation sites is 1. The minimum Gasteiger partial charge on any atom is -0.352 e. The third kappa shape index (κ3) is 2.02. The van der Waals surface area contributed by atoms with Gasteiger partial charge in [0.25, 0.3) is 0 Å². The predicted molar refractivity (Wildman–Crippen MR) is 53.1 cm³/mol. The van der Waals surface area contributed by atoms with Crippen LogP contribution >= 0.6 is 12.2 Å². The maximum Gasteiger partial charge on any atom is 0.0659 e. The first-order valence-electron chi connectivity index (χ1n) is 3.66. The number of nitrogens with one attached hydrogen (secondary N) is 1. The Kier molecular flexibility index (Phi) is 3.05. The van der Waals surface area contributed by atoms with Crippen molar-refractivity contribution in [1.29, 1.82) is 0 Å². The fourth-order valence-electron chi connectivity index (χ4n) is 1.03. The van der Waals surface area contributed by atoms with Crippen molar-refractivity contribution in [3.8, 4) is 0 Å². The number of aryl methyl sites for hydroxylation is 1. The molecule has 1 rings (SSSR count). The highest BCUT2D eigenvalue weighted by Crippen LogP contribution is 2.13. The first kappa shape index (κ1) is 8.21. The summed E-state index contributed by atoms with van der Waals surface area (Å²) in [6.45, 7) is 2.13. The molecule has 11 heavy (non-hydrogen) atoms. The molecule has 0 unspecified atom stereocenters. The van der Waals surface area contributed by atoms with E-state index in [-0.39, 0.29) is 0 Å². The first-order chi connectivity index (χ1) is 5.38. The lowest BCUT2D eigenvalue weighted by Gasteiger charge is -2.04. The SMILES string of the molecule is CCc1ccccc1NC=S. The van der Waals surface area contributed by atoms with Gasteiger partial charge in [0.1, 0.15) is 0 Å². The van der Waals surface area contributed by atoms with E-state index in [1.54, 1.807) is 0 Å². The smallest absolute Gasteiger partial charge is 0.0659 e. The highest BCUT2D eigenvalue weighted by Gasteiger charge is 1.94. The van der Waals surface area contributed by atoms with Crippen molar-refractivity contribution in [1.82, 2.24) is 0 Å². The zero-order valence-electron chi connectivity index (χ0n) is 6.50. The molecular weight excluding hydrogens is 154 g/mol. The molecule has 0 aromatic heterocycles. The van der Waals surface area contributed by atoms with Crippen LogP contribution in [0.25, 0.3) is 0 Å². The number of anilines is 1. The van der Waals surface area contributed by atoms with Gasteiger partial charge in [-0.15, -0.1) is 0 Å². The van der Waals surface area contributed by atoms with E-state index in [4.69, 9.17) is 12.2 Å². The zero-order chi connectivity index (χ0) is 8.10. The molecule has 0 radical (unpaired) electrons. The van der Waals surface area contributed by atoms with Crippen LogP contribution < -0.4 is 5.32 Å². The van der Waals surface area contributed by atoms with Gasteiger partial charge in [-0.3, -0.25) is 0 Å². The summed E-state index contributed by atoms with van der Waals surface area (Å²) in [5.74, 6) is 0. The van der Waals surface area contributed by atoms with Crippen LogP contribution in [0.5, 0.6) is 0 Å². The lowest BCUT2D eigenvalue weighted by molar-refractivity contribution is 1.14. The number of thiocarbonyl (C=S) groups is 1. The minimum atomic E-state index is 1.03. The molecule has 1 aromatic rings. The molecule has 0 bridgehead atoms. The molecular formula is C9H11NS. The Morgan fingerprint density at radius 3 is 2.82 bits per heavy atom. The van der Waals surface area contributed by atoms with Crippen LogP contribution in [0.4, 0.5) is 5.69 Å². The Morgan fingerprint density at radius 2 is 2.18 bits per heavy atom. The predicted octanol–water partition coefficient (Wildman–Crippen LogP) is 2.62. The van der Waals surface area contributed by atoms with Crippen molar-refractivity contribution in [3.05, 3.63) is 29.8 Å². The maximum atomic E-state index is 4.71. The van der Waals surface area contributed by atoms with Crippen LogP contribution in [0.3, 0.4) is 0 Å². The Morgan fingerprint density at radius 1 is 1.45 bits per heavy atom. The van der Waals surface area contributed by atoms with Gasteiger partial charge in [-0.2, -0.15) is 0 Å². The van der Waals surface area contributed by atoms with Crippen molar-refractivity contribution in [2.24, 2.45) is 0 Å². The van der Waals surface area contributed by atoms with E-state index in [0.29, 0.717) is 0 Å². The molecule has 0 saturated carbocycles. The lowest BCUT2D eigenvalue weighted by Crippen LogP contribution is -1.95. The Bertz CT molecular complexity index is 245. The number of hydrogen-bond donors (Lipinski definition) is 1. The van der Waals surface area contributed by atoms with Crippen molar-refractivity contribution in [2.75, 3.05) is 5.32 Å². The van der Waals surface area contributed by atoms with E-state index in [0.717, 1.165) is 12.1 Å². The molecule has 0 aliphatic heterocycles. The van der Waals surface area contributed by atoms with Gasteiger partial charge < -0.3 is 5.32 Å². The zero-order valence-corrected chi connectivity index (χ0v) is 7.32. The molecule has 0 aliphatic rings. The molecule has 1 nitrogen and oxygen atoms in total. The monoisotopic (exact) mass is 165 g/mol. The van der Waals surface area contributed by atoms with Crippen molar-refractivity contribution in [3.63, 3.8) is 0 Å². The van der Waals surface area contributed by atoms with E-state index in [1.807, 2.05) is 18.2 Å². The summed E-state index contributed by atoms with van der Waals surface area (Å²) in [4.78, 5) is 0. The van der Waals surface area contributed by atoms with Crippen LogP contribution in [0.15, 0.2) is 24.3 Å². The molecule has 0 aliphatic carbocycles. The first-order valence-corrected chi connectivity index (χ1v) is 4.13. The van der Waals surface area contributed by atoms with Gasteiger partial charge in [0, 0.05) is 5.69 Å². The lowest BCUT2D eigenvalue weighted by atomic mass is 10.1. The van der Waals surface area contributed by atoms with Crippen LogP contribution in [0, 0.1) is 0 Å². The maximum absolute atomic E-state index is 4.71. The molecule has 0 spiro atoms. The average molecular weight is 165 g/mol. The molecule has 0 amide bonds. The van der Waals surface area contributed by atoms with Gasteiger partial charge in [0.05, 0.1) is 5.49 Å². The highest BCUT2D eigenvalue weighted by atomic mass is 32.1. The average Bonchev–Trinajstić information content (AvgIpc) is 2.06. The fraction of sp³-hybridized carbons (Fsp3) is 0.222. The number of benzene rings is 1. The molecule has 0 atom stereocenters. The summed E-state index contributed by atoms with van der Waals surface area (Å²) < 4.78 is 0. The summed E-state index contributed by atoms with van der Waals surface area (Å²) in [6.07, 6.45) is 1.03. The van der Waals surface area contributed by atoms with Crippen LogP contribution in [0.1, 0.15) is 12.5 Å². The van der Waals surface area contributed by atoms with Crippen LogP contribution in [-0.4, -0.2) is 5.49 Å². The second-order valence-corrected chi connectivity index (χ2v) is 2.51. The van der Waals surface area contributed by atoms with E-state index in [1.165, 1.54) is 11.1 Å². The van der Waals surface area contributed by atoms with Gasteiger partial charge >= 0.3 is 0 Å². The second kappa shape index (κ2) is 4.09. The van der Waals surface area contributed by atoms with Gasteiger partial charge in [0.2, 0.25) is 0 Å². The molecule has 2 heteroatoms. The van der Waals surface area contributed by atoms with Crippen molar-refractivity contribution in [2.45, 2.75) is 13.3 Å². The second-order valence-electron chi connectivity index (χ2n) is 2.27. The van der Waals surface area contributed by atoms with Crippen molar-refractivity contribution < 1.29 is 0 Å². The van der Waals surface area contributed by atoms with E-state index < -0.39 is 0 Å². The standard InChI is InChI=1S/C9H11NS/c1-2-8-5-3-4-6-9(8)10-7-11/h3-7H,2H2,1H3,(H,10,11). The summed E-state index contributed by atoms with van der Waals surface area (Å²) in [7, 11) is 0. The normalized spacial score (nSPS) is 9.18. The summed E-state index contributed by atoms with van der Waals surface area (Å²) in [6, 6.07) is 8.16. The molecule has 1 N–H and O–H groups in total. The number of hydrogen-bond acceptors (Lipinski definition) is 1. The van der Waals surface area contributed by atoms with Gasteiger partial charge in [-0.1, -0.05) is 37.3 Å². The Hall–Kier alpha value is -0.890. The summed E-state index contributed by atoms with van der Waals surface area (Å²) in [5, 5.41) is 3.02. The quantitative estimate of drug-likeness (QED) is 0.691. The molecule has 0 saturated heterocycles. The minimum absolute atomic E-state index is 1.03. The van der Waals surface area contributed by atoms with E-state index >= 15 is 0 Å². The Balaban J connectivity index is 2.92. The topological polar surface area (TPSA) is 12.0 Å². The molecule has 58 valence electrons.